The monoisotopic (exact) mass is 458 g/mol. The van der Waals surface area contributed by atoms with Crippen molar-refractivity contribution in [3.05, 3.63) is 60.1 Å². The van der Waals surface area contributed by atoms with Crippen LogP contribution in [0, 0.1) is 11.7 Å². The first-order chi connectivity index (χ1) is 16.2. The Morgan fingerprint density at radius 1 is 1.09 bits per heavy atom. The summed E-state index contributed by atoms with van der Waals surface area (Å²) in [6, 6.07) is 11.7. The van der Waals surface area contributed by atoms with Gasteiger partial charge in [-0.05, 0) is 61.7 Å². The molecule has 1 aromatic carbocycles. The molecule has 1 fully saturated rings. The summed E-state index contributed by atoms with van der Waals surface area (Å²) >= 11 is 1.59. The van der Waals surface area contributed by atoms with Crippen molar-refractivity contribution in [2.45, 2.75) is 31.7 Å². The lowest BCUT2D eigenvalue weighted by Crippen LogP contribution is -2.24. The van der Waals surface area contributed by atoms with E-state index < -0.39 is 0 Å². The number of rotatable bonds is 4. The lowest BCUT2D eigenvalue weighted by Gasteiger charge is -2.27. The minimum Gasteiger partial charge on any atom is -0.330 e. The van der Waals surface area contributed by atoms with Crippen molar-refractivity contribution in [3.8, 4) is 21.8 Å². The van der Waals surface area contributed by atoms with Gasteiger partial charge >= 0.3 is 0 Å². The van der Waals surface area contributed by atoms with Crippen LogP contribution >= 0.6 is 11.3 Å². The summed E-state index contributed by atoms with van der Waals surface area (Å²) in [6.07, 6.45) is 7.39. The van der Waals surface area contributed by atoms with Crippen molar-refractivity contribution in [3.63, 3.8) is 0 Å². The number of hydrogen-bond donors (Lipinski definition) is 1. The van der Waals surface area contributed by atoms with Gasteiger partial charge in [-0.15, -0.1) is 11.3 Å². The maximum Gasteiger partial charge on any atom is 0.162 e. The lowest BCUT2D eigenvalue weighted by molar-refractivity contribution is 0.269. The van der Waals surface area contributed by atoms with Gasteiger partial charge in [-0.3, -0.25) is 0 Å². The molecule has 1 saturated carbocycles. The van der Waals surface area contributed by atoms with E-state index in [2.05, 4.69) is 15.0 Å². The number of thiophene rings is 1. The highest BCUT2D eigenvalue weighted by Crippen LogP contribution is 2.37. The lowest BCUT2D eigenvalue weighted by atomic mass is 9.86. The Hall–Kier alpha value is -3.23. The Morgan fingerprint density at radius 3 is 2.73 bits per heavy atom. The average Bonchev–Trinajstić information content (AvgIpc) is 3.53. The van der Waals surface area contributed by atoms with Gasteiger partial charge < -0.3 is 5.73 Å². The first-order valence-corrected chi connectivity index (χ1v) is 12.1. The van der Waals surface area contributed by atoms with Crippen LogP contribution in [-0.4, -0.2) is 31.3 Å². The van der Waals surface area contributed by atoms with Crippen LogP contribution in [0.15, 0.2) is 54.3 Å². The Labute approximate surface area is 194 Å². The van der Waals surface area contributed by atoms with Gasteiger partial charge in [-0.25, -0.2) is 24.0 Å². The van der Waals surface area contributed by atoms with E-state index in [1.54, 1.807) is 23.6 Å². The Kier molecular flexibility index (Phi) is 5.11. The zero-order valence-corrected chi connectivity index (χ0v) is 18.8. The van der Waals surface area contributed by atoms with Gasteiger partial charge in [-0.1, -0.05) is 18.2 Å². The molecular formula is C25H23FN6S. The summed E-state index contributed by atoms with van der Waals surface area (Å²) in [7, 11) is 0. The van der Waals surface area contributed by atoms with E-state index in [0.29, 0.717) is 22.7 Å². The van der Waals surface area contributed by atoms with E-state index in [9.17, 15) is 0 Å². The fourth-order valence-electron chi connectivity index (χ4n) is 4.86. The zero-order chi connectivity index (χ0) is 22.4. The van der Waals surface area contributed by atoms with Crippen LogP contribution in [0.4, 0.5) is 4.39 Å². The summed E-state index contributed by atoms with van der Waals surface area (Å²) in [5.41, 5.74) is 8.72. The number of nitrogens with two attached hydrogens (primary N) is 1. The second-order valence-corrected chi connectivity index (χ2v) is 9.58. The largest absolute Gasteiger partial charge is 0.330 e. The van der Waals surface area contributed by atoms with Crippen LogP contribution in [0.2, 0.25) is 0 Å². The molecule has 33 heavy (non-hydrogen) atoms. The fraction of sp³-hybridized carbons (Fsp3) is 0.280. The maximum absolute atomic E-state index is 15.9. The quantitative estimate of drug-likeness (QED) is 0.379. The summed E-state index contributed by atoms with van der Waals surface area (Å²) in [5, 5.41) is 8.40. The molecule has 0 radical (unpaired) electrons. The predicted molar refractivity (Wildman–Crippen MR) is 129 cm³/mol. The topological polar surface area (TPSA) is 82.5 Å². The van der Waals surface area contributed by atoms with Crippen LogP contribution < -0.4 is 5.73 Å². The summed E-state index contributed by atoms with van der Waals surface area (Å²) in [4.78, 5) is 14.4. The van der Waals surface area contributed by atoms with Gasteiger partial charge in [-0.2, -0.15) is 5.10 Å². The van der Waals surface area contributed by atoms with Crippen molar-refractivity contribution in [2.75, 3.05) is 6.54 Å². The molecule has 0 amide bonds. The van der Waals surface area contributed by atoms with Crippen LogP contribution in [-0.2, 0) is 0 Å². The molecular weight excluding hydrogens is 435 g/mol. The second kappa shape index (κ2) is 8.28. The fourth-order valence-corrected chi connectivity index (χ4v) is 5.55. The Morgan fingerprint density at radius 2 is 1.94 bits per heavy atom. The van der Waals surface area contributed by atoms with E-state index in [1.165, 1.54) is 6.33 Å². The standard InChI is InChI=1S/C25H23FN6S/c26-22-18(9-5-16-6-10-20(30-23(16)22)21-2-1-11-33-21)24-19-13-28-14-29-25(19)32(31-24)17-7-3-15(12-27)4-8-17/h1-2,5-6,9-11,13-15,17H,3-4,7-8,12,27H2. The zero-order valence-electron chi connectivity index (χ0n) is 18.0. The van der Waals surface area contributed by atoms with Crippen LogP contribution in [0.3, 0.4) is 0 Å². The van der Waals surface area contributed by atoms with Crippen molar-refractivity contribution in [1.82, 2.24) is 24.7 Å². The van der Waals surface area contributed by atoms with Crippen LogP contribution in [0.25, 0.3) is 43.8 Å². The minimum absolute atomic E-state index is 0.228. The smallest absolute Gasteiger partial charge is 0.162 e. The average molecular weight is 459 g/mol. The molecule has 6 rings (SSSR count). The van der Waals surface area contributed by atoms with Gasteiger partial charge in [0.25, 0.3) is 0 Å². The third kappa shape index (κ3) is 3.50. The van der Waals surface area contributed by atoms with E-state index in [4.69, 9.17) is 10.8 Å². The SMILES string of the molecule is NCC1CCC(n2nc(-c3ccc4ccc(-c5cccs5)nc4c3F)c3cncnc32)CC1. The molecule has 2 N–H and O–H groups in total. The molecule has 0 atom stereocenters. The number of aromatic nitrogens is 5. The Balaban J connectivity index is 1.48. The van der Waals surface area contributed by atoms with Crippen molar-refractivity contribution in [2.24, 2.45) is 11.7 Å². The highest BCUT2D eigenvalue weighted by atomic mass is 32.1. The van der Waals surface area contributed by atoms with E-state index in [1.807, 2.05) is 40.4 Å². The molecule has 0 unspecified atom stereocenters. The summed E-state index contributed by atoms with van der Waals surface area (Å²) < 4.78 is 17.9. The Bertz CT molecular complexity index is 1440. The van der Waals surface area contributed by atoms with E-state index in [-0.39, 0.29) is 11.9 Å². The third-order valence-electron chi connectivity index (χ3n) is 6.70. The molecule has 0 bridgehead atoms. The van der Waals surface area contributed by atoms with Crippen LogP contribution in [0.1, 0.15) is 31.7 Å². The maximum atomic E-state index is 15.9. The van der Waals surface area contributed by atoms with Gasteiger partial charge in [0.2, 0.25) is 0 Å². The molecule has 0 spiro atoms. The van der Waals surface area contributed by atoms with E-state index in [0.717, 1.165) is 59.2 Å². The molecule has 0 saturated heterocycles. The molecule has 1 aliphatic carbocycles. The number of halogens is 1. The van der Waals surface area contributed by atoms with Gasteiger partial charge in [0, 0.05) is 17.1 Å². The molecule has 6 nitrogen and oxygen atoms in total. The molecule has 8 heteroatoms. The third-order valence-corrected chi connectivity index (χ3v) is 7.59. The summed E-state index contributed by atoms with van der Waals surface area (Å²) in [5.74, 6) is 0.201. The van der Waals surface area contributed by atoms with Gasteiger partial charge in [0.1, 0.15) is 17.5 Å². The molecule has 0 aliphatic heterocycles. The van der Waals surface area contributed by atoms with Crippen LogP contribution in [0.5, 0.6) is 0 Å². The number of pyridine rings is 1. The van der Waals surface area contributed by atoms with Crippen molar-refractivity contribution >= 4 is 33.3 Å². The number of hydrogen-bond acceptors (Lipinski definition) is 6. The van der Waals surface area contributed by atoms with E-state index >= 15 is 4.39 Å². The first kappa shape index (κ1) is 20.4. The molecule has 166 valence electrons. The molecule has 5 aromatic rings. The van der Waals surface area contributed by atoms with Gasteiger partial charge in [0.05, 0.1) is 22.0 Å². The molecule has 4 heterocycles. The summed E-state index contributed by atoms with van der Waals surface area (Å²) in [6.45, 7) is 0.725. The number of benzene rings is 1. The number of fused-ring (bicyclic) bond motifs is 2. The normalized spacial score (nSPS) is 18.8. The second-order valence-electron chi connectivity index (χ2n) is 8.64. The van der Waals surface area contributed by atoms with Gasteiger partial charge in [0.15, 0.2) is 11.5 Å². The van der Waals surface area contributed by atoms with Crippen molar-refractivity contribution < 1.29 is 4.39 Å². The molecule has 4 aromatic heterocycles. The number of nitrogens with zero attached hydrogens (tertiary/aromatic N) is 5. The predicted octanol–water partition coefficient (Wildman–Crippen LogP) is 5.60. The highest BCUT2D eigenvalue weighted by Gasteiger charge is 2.26. The first-order valence-electron chi connectivity index (χ1n) is 11.2. The minimum atomic E-state index is -0.367. The molecule has 1 aliphatic rings. The van der Waals surface area contributed by atoms with Crippen molar-refractivity contribution in [1.29, 1.82) is 0 Å². The highest BCUT2D eigenvalue weighted by molar-refractivity contribution is 7.13.